The van der Waals surface area contributed by atoms with E-state index in [1.807, 2.05) is 12.1 Å². The van der Waals surface area contributed by atoms with Gasteiger partial charge < -0.3 is 24.5 Å². The molecule has 2 aromatic heterocycles. The summed E-state index contributed by atoms with van der Waals surface area (Å²) in [5.74, 6) is 0.266. The van der Waals surface area contributed by atoms with Gasteiger partial charge in [-0.1, -0.05) is 35.7 Å². The van der Waals surface area contributed by atoms with Crippen molar-refractivity contribution in [3.05, 3.63) is 39.3 Å². The van der Waals surface area contributed by atoms with Gasteiger partial charge in [-0.15, -0.1) is 0 Å². The van der Waals surface area contributed by atoms with Crippen molar-refractivity contribution in [1.82, 2.24) is 20.4 Å². The Bertz CT molecular complexity index is 1430. The maximum atomic E-state index is 13.6. The minimum atomic E-state index is -0.976. The van der Waals surface area contributed by atoms with Gasteiger partial charge in [-0.05, 0) is 71.9 Å². The van der Waals surface area contributed by atoms with E-state index in [-0.39, 0.29) is 23.6 Å². The number of nitrogens with zero attached hydrogens (tertiary/aromatic N) is 2. The number of hydrogen-bond acceptors (Lipinski definition) is 6. The van der Waals surface area contributed by atoms with E-state index in [2.05, 4.69) is 15.8 Å². The number of pyridine rings is 1. The van der Waals surface area contributed by atoms with Gasteiger partial charge in [0.05, 0.1) is 10.5 Å². The number of aromatic nitrogens is 2. The lowest BCUT2D eigenvalue weighted by Gasteiger charge is -2.31. The summed E-state index contributed by atoms with van der Waals surface area (Å²) in [6.07, 6.45) is 4.30. The van der Waals surface area contributed by atoms with E-state index in [1.165, 1.54) is 0 Å². The number of fused-ring (bicyclic) bond motifs is 3. The smallest absolute Gasteiger partial charge is 0.408 e. The molecule has 0 saturated heterocycles. The van der Waals surface area contributed by atoms with Gasteiger partial charge in [0, 0.05) is 17.5 Å². The van der Waals surface area contributed by atoms with Gasteiger partial charge >= 0.3 is 6.09 Å². The summed E-state index contributed by atoms with van der Waals surface area (Å²) in [7, 11) is 0. The molecule has 37 heavy (non-hydrogen) atoms. The lowest BCUT2D eigenvalue weighted by Crippen LogP contribution is -2.59. The first kappa shape index (κ1) is 25.6. The SMILES string of the molecule is Cc1onc2c1c(=O)n(C1CCC(NC(=O)C3(NC(=O)OC(C)(C)C)CCCC3)C1)c1cccc(Cl)c21. The number of hydrogen-bond donors (Lipinski definition) is 2. The highest BCUT2D eigenvalue weighted by atomic mass is 35.5. The number of ether oxygens (including phenoxy) is 1. The third-order valence-corrected chi connectivity index (χ3v) is 7.84. The van der Waals surface area contributed by atoms with Crippen LogP contribution >= 0.6 is 11.6 Å². The first-order valence-electron chi connectivity index (χ1n) is 12.9. The highest BCUT2D eigenvalue weighted by Gasteiger charge is 2.44. The number of alkyl carbamates (subject to hydrolysis) is 1. The molecule has 0 bridgehead atoms. The number of carbonyl (C=O) groups excluding carboxylic acids is 2. The Kier molecular flexibility index (Phi) is 6.46. The first-order chi connectivity index (χ1) is 17.5. The molecule has 2 amide bonds. The topological polar surface area (TPSA) is 115 Å². The fraction of sp³-hybridized carbons (Fsp3) is 0.556. The minimum Gasteiger partial charge on any atom is -0.444 e. The molecule has 5 rings (SSSR count). The zero-order chi connectivity index (χ0) is 26.5. The lowest BCUT2D eigenvalue weighted by molar-refractivity contribution is -0.128. The van der Waals surface area contributed by atoms with Crippen LogP contribution in [-0.4, -0.2) is 38.9 Å². The standard InChI is InChI=1S/C27H33ClN4O5/c1-15-20-22(31-37-15)21-18(28)8-7-9-19(21)32(23(20)33)17-11-10-16(14-17)29-24(34)27(12-5-6-13-27)30-25(35)36-26(2,3)4/h7-9,16-17H,5-6,10-14H2,1-4H3,(H,29,34)(H,30,35). The summed E-state index contributed by atoms with van der Waals surface area (Å²) in [6, 6.07) is 5.21. The molecule has 2 saturated carbocycles. The number of benzene rings is 1. The van der Waals surface area contributed by atoms with E-state index in [4.69, 9.17) is 20.9 Å². The second-order valence-corrected chi connectivity index (χ2v) is 11.7. The fourth-order valence-electron chi connectivity index (χ4n) is 5.87. The Morgan fingerprint density at radius 2 is 1.92 bits per heavy atom. The number of rotatable bonds is 4. The van der Waals surface area contributed by atoms with Crippen molar-refractivity contribution in [2.75, 3.05) is 0 Å². The molecule has 2 atom stereocenters. The van der Waals surface area contributed by atoms with Gasteiger partial charge in [0.15, 0.2) is 0 Å². The van der Waals surface area contributed by atoms with Crippen LogP contribution in [0.25, 0.3) is 21.8 Å². The largest absolute Gasteiger partial charge is 0.444 e. The normalized spacial score (nSPS) is 21.4. The van der Waals surface area contributed by atoms with Gasteiger partial charge in [-0.3, -0.25) is 9.59 Å². The molecule has 2 fully saturated rings. The fourth-order valence-corrected chi connectivity index (χ4v) is 6.13. The Morgan fingerprint density at radius 3 is 2.62 bits per heavy atom. The summed E-state index contributed by atoms with van der Waals surface area (Å²) in [4.78, 5) is 39.6. The predicted molar refractivity (Wildman–Crippen MR) is 141 cm³/mol. The van der Waals surface area contributed by atoms with Crippen LogP contribution in [0, 0.1) is 6.92 Å². The van der Waals surface area contributed by atoms with Crippen LogP contribution in [0.5, 0.6) is 0 Å². The zero-order valence-electron chi connectivity index (χ0n) is 21.7. The van der Waals surface area contributed by atoms with Crippen molar-refractivity contribution < 1.29 is 18.8 Å². The number of nitrogens with one attached hydrogen (secondary N) is 2. The lowest BCUT2D eigenvalue weighted by atomic mass is 9.96. The van der Waals surface area contributed by atoms with E-state index in [9.17, 15) is 14.4 Å². The molecular formula is C27H33ClN4O5. The molecule has 9 nitrogen and oxygen atoms in total. The van der Waals surface area contributed by atoms with E-state index in [0.717, 1.165) is 19.3 Å². The molecule has 0 radical (unpaired) electrons. The number of halogens is 1. The molecule has 2 aliphatic carbocycles. The van der Waals surface area contributed by atoms with E-state index < -0.39 is 17.2 Å². The molecule has 3 aromatic rings. The molecule has 2 aliphatic rings. The van der Waals surface area contributed by atoms with Gasteiger partial charge in [-0.25, -0.2) is 4.79 Å². The van der Waals surface area contributed by atoms with Crippen LogP contribution in [0.2, 0.25) is 5.02 Å². The first-order valence-corrected chi connectivity index (χ1v) is 13.3. The van der Waals surface area contributed by atoms with Crippen LogP contribution in [0.3, 0.4) is 0 Å². The van der Waals surface area contributed by atoms with E-state index in [0.29, 0.717) is 58.3 Å². The Hall–Kier alpha value is -3.07. The van der Waals surface area contributed by atoms with Gasteiger partial charge in [0.2, 0.25) is 5.91 Å². The predicted octanol–water partition coefficient (Wildman–Crippen LogP) is 5.15. The Morgan fingerprint density at radius 1 is 1.19 bits per heavy atom. The number of aryl methyl sites for hydroxylation is 1. The quantitative estimate of drug-likeness (QED) is 0.483. The maximum Gasteiger partial charge on any atom is 0.408 e. The number of carbonyl (C=O) groups is 2. The van der Waals surface area contributed by atoms with Crippen molar-refractivity contribution in [2.45, 2.75) is 95.9 Å². The second kappa shape index (κ2) is 9.35. The van der Waals surface area contributed by atoms with E-state index >= 15 is 0 Å². The van der Waals surface area contributed by atoms with Crippen LogP contribution in [-0.2, 0) is 9.53 Å². The third kappa shape index (κ3) is 4.69. The number of amides is 2. The van der Waals surface area contributed by atoms with Crippen molar-refractivity contribution >= 4 is 45.4 Å². The highest BCUT2D eigenvalue weighted by Crippen LogP contribution is 2.37. The van der Waals surface area contributed by atoms with Gasteiger partial charge in [-0.2, -0.15) is 0 Å². The molecule has 2 unspecified atom stereocenters. The average Bonchev–Trinajstić information content (AvgIpc) is 3.54. The molecule has 0 spiro atoms. The summed E-state index contributed by atoms with van der Waals surface area (Å²) >= 11 is 6.54. The average molecular weight is 529 g/mol. The third-order valence-electron chi connectivity index (χ3n) is 7.52. The summed E-state index contributed by atoms with van der Waals surface area (Å²) in [5, 5.41) is 11.8. The van der Waals surface area contributed by atoms with Gasteiger partial charge in [0.25, 0.3) is 5.56 Å². The summed E-state index contributed by atoms with van der Waals surface area (Å²) < 4.78 is 12.6. The Labute approximate surface area is 219 Å². The zero-order valence-corrected chi connectivity index (χ0v) is 22.4. The van der Waals surface area contributed by atoms with Gasteiger partial charge in [0.1, 0.15) is 27.8 Å². The highest BCUT2D eigenvalue weighted by molar-refractivity contribution is 6.37. The van der Waals surface area contributed by atoms with Crippen molar-refractivity contribution in [3.63, 3.8) is 0 Å². The van der Waals surface area contributed by atoms with Crippen molar-refractivity contribution in [2.24, 2.45) is 0 Å². The van der Waals surface area contributed by atoms with Crippen LogP contribution in [0.1, 0.15) is 77.5 Å². The monoisotopic (exact) mass is 528 g/mol. The maximum absolute atomic E-state index is 13.6. The van der Waals surface area contributed by atoms with Crippen molar-refractivity contribution in [1.29, 1.82) is 0 Å². The molecule has 0 aliphatic heterocycles. The van der Waals surface area contributed by atoms with Crippen LogP contribution in [0.4, 0.5) is 4.79 Å². The van der Waals surface area contributed by atoms with E-state index in [1.54, 1.807) is 38.3 Å². The summed E-state index contributed by atoms with van der Waals surface area (Å²) in [5.41, 5.74) is -0.621. The summed E-state index contributed by atoms with van der Waals surface area (Å²) in [6.45, 7) is 7.11. The molecule has 10 heteroatoms. The molecule has 2 heterocycles. The minimum absolute atomic E-state index is 0.129. The van der Waals surface area contributed by atoms with Crippen molar-refractivity contribution in [3.8, 4) is 0 Å². The molecule has 1 aromatic carbocycles. The molecule has 2 N–H and O–H groups in total. The molecular weight excluding hydrogens is 496 g/mol. The second-order valence-electron chi connectivity index (χ2n) is 11.3. The Balaban J connectivity index is 1.39. The van der Waals surface area contributed by atoms with Crippen LogP contribution < -0.4 is 16.2 Å². The van der Waals surface area contributed by atoms with Crippen LogP contribution in [0.15, 0.2) is 27.5 Å². The molecule has 198 valence electrons.